The number of carbonyl (C=O) groups excluding carboxylic acids is 1. The van der Waals surface area contributed by atoms with Crippen LogP contribution < -0.4 is 10.1 Å². The van der Waals surface area contributed by atoms with Crippen molar-refractivity contribution in [1.82, 2.24) is 0 Å². The van der Waals surface area contributed by atoms with Crippen LogP contribution in [0.1, 0.15) is 17.2 Å². The van der Waals surface area contributed by atoms with Gasteiger partial charge >= 0.3 is 11.9 Å². The smallest absolute Gasteiger partial charge is 0.394 e. The highest BCUT2D eigenvalue weighted by Gasteiger charge is 2.20. The molecule has 10 heteroatoms. The SMILES string of the molecule is O=C(O)C(=O)Nc1cc(Cl)c(Oc2ccc(O)cc2C(O)c2ccc(Cl)cc2)c(Cl)c1. The number of ether oxygens (including phenoxy) is 1. The van der Waals surface area contributed by atoms with Crippen LogP contribution in [-0.2, 0) is 9.59 Å². The van der Waals surface area contributed by atoms with Crippen molar-refractivity contribution in [2.45, 2.75) is 6.10 Å². The first-order valence-electron chi connectivity index (χ1n) is 8.63. The Hall–Kier alpha value is -2.97. The number of amides is 1. The molecule has 3 aromatic carbocycles. The van der Waals surface area contributed by atoms with E-state index in [1.807, 2.05) is 0 Å². The second kappa shape index (κ2) is 9.45. The van der Waals surface area contributed by atoms with Gasteiger partial charge in [0.05, 0.1) is 10.0 Å². The number of aromatic hydroxyl groups is 1. The number of carbonyl (C=O) groups is 2. The van der Waals surface area contributed by atoms with E-state index < -0.39 is 18.0 Å². The van der Waals surface area contributed by atoms with Gasteiger partial charge in [0.25, 0.3) is 0 Å². The van der Waals surface area contributed by atoms with Crippen LogP contribution in [0.25, 0.3) is 0 Å². The normalized spacial score (nSPS) is 11.6. The summed E-state index contributed by atoms with van der Waals surface area (Å²) in [5.74, 6) is -2.86. The average molecular weight is 483 g/mol. The number of aliphatic carboxylic acids is 1. The highest BCUT2D eigenvalue weighted by molar-refractivity contribution is 6.39. The number of phenols is 1. The van der Waals surface area contributed by atoms with Crippen molar-refractivity contribution in [2.75, 3.05) is 5.32 Å². The van der Waals surface area contributed by atoms with E-state index in [9.17, 15) is 19.8 Å². The number of halogens is 3. The quantitative estimate of drug-likeness (QED) is 0.369. The van der Waals surface area contributed by atoms with Crippen LogP contribution in [-0.4, -0.2) is 27.2 Å². The molecule has 1 unspecified atom stereocenters. The van der Waals surface area contributed by atoms with Gasteiger partial charge in [0.2, 0.25) is 0 Å². The lowest BCUT2D eigenvalue weighted by Crippen LogP contribution is -2.21. The van der Waals surface area contributed by atoms with Gasteiger partial charge in [-0.25, -0.2) is 4.79 Å². The molecular formula is C21H14Cl3NO6. The molecular weight excluding hydrogens is 469 g/mol. The van der Waals surface area contributed by atoms with Crippen molar-refractivity contribution in [1.29, 1.82) is 0 Å². The maximum atomic E-state index is 11.3. The van der Waals surface area contributed by atoms with Gasteiger partial charge in [-0.1, -0.05) is 46.9 Å². The Balaban J connectivity index is 1.95. The third-order valence-electron chi connectivity index (χ3n) is 4.14. The van der Waals surface area contributed by atoms with Crippen LogP contribution in [0.3, 0.4) is 0 Å². The van der Waals surface area contributed by atoms with E-state index >= 15 is 0 Å². The molecule has 1 atom stereocenters. The topological polar surface area (TPSA) is 116 Å². The van der Waals surface area contributed by atoms with E-state index in [-0.39, 0.29) is 38.5 Å². The second-order valence-corrected chi connectivity index (χ2v) is 7.56. The van der Waals surface area contributed by atoms with Crippen LogP contribution >= 0.6 is 34.8 Å². The number of carboxylic acid groups (broad SMARTS) is 1. The monoisotopic (exact) mass is 481 g/mol. The van der Waals surface area contributed by atoms with E-state index in [0.29, 0.717) is 10.6 Å². The maximum Gasteiger partial charge on any atom is 0.394 e. The highest BCUT2D eigenvalue weighted by atomic mass is 35.5. The first kappa shape index (κ1) is 22.7. The molecule has 0 aliphatic heterocycles. The number of hydrogen-bond donors (Lipinski definition) is 4. The second-order valence-electron chi connectivity index (χ2n) is 6.31. The van der Waals surface area contributed by atoms with E-state index in [0.717, 1.165) is 0 Å². The van der Waals surface area contributed by atoms with Crippen molar-refractivity contribution in [2.24, 2.45) is 0 Å². The Morgan fingerprint density at radius 1 is 0.935 bits per heavy atom. The molecule has 0 radical (unpaired) electrons. The minimum atomic E-state index is -1.67. The van der Waals surface area contributed by atoms with Crippen LogP contribution in [0.15, 0.2) is 54.6 Å². The lowest BCUT2D eigenvalue weighted by Gasteiger charge is -2.18. The Labute approximate surface area is 191 Å². The van der Waals surface area contributed by atoms with E-state index in [2.05, 4.69) is 5.32 Å². The van der Waals surface area contributed by atoms with Crippen molar-refractivity contribution in [3.63, 3.8) is 0 Å². The first-order valence-corrected chi connectivity index (χ1v) is 9.76. The molecule has 4 N–H and O–H groups in total. The Morgan fingerprint density at radius 3 is 2.13 bits per heavy atom. The number of benzene rings is 3. The average Bonchev–Trinajstić information content (AvgIpc) is 2.71. The number of aliphatic hydroxyl groups is 1. The van der Waals surface area contributed by atoms with Gasteiger partial charge in [-0.05, 0) is 48.0 Å². The van der Waals surface area contributed by atoms with Gasteiger partial charge < -0.3 is 25.4 Å². The van der Waals surface area contributed by atoms with Crippen LogP contribution in [0.2, 0.25) is 15.1 Å². The zero-order chi connectivity index (χ0) is 22.7. The lowest BCUT2D eigenvalue weighted by atomic mass is 10.0. The minimum absolute atomic E-state index is 0.00639. The summed E-state index contributed by atoms with van der Waals surface area (Å²) in [6, 6.07) is 13.1. The molecule has 3 rings (SSSR count). The molecule has 0 fully saturated rings. The molecule has 0 spiro atoms. The Kier molecular flexibility index (Phi) is 6.92. The summed E-state index contributed by atoms with van der Waals surface area (Å²) in [5, 5.41) is 32.0. The molecule has 0 aliphatic rings. The molecule has 160 valence electrons. The fraction of sp³-hybridized carbons (Fsp3) is 0.0476. The molecule has 0 heterocycles. The molecule has 31 heavy (non-hydrogen) atoms. The summed E-state index contributed by atoms with van der Waals surface area (Å²) >= 11 is 18.3. The number of rotatable bonds is 5. The van der Waals surface area contributed by atoms with Crippen molar-refractivity contribution >= 4 is 52.4 Å². The van der Waals surface area contributed by atoms with Gasteiger partial charge in [0.1, 0.15) is 17.6 Å². The number of nitrogens with one attached hydrogen (secondary N) is 1. The Morgan fingerprint density at radius 2 is 1.55 bits per heavy atom. The number of aliphatic hydroxyl groups excluding tert-OH is 1. The summed E-state index contributed by atoms with van der Waals surface area (Å²) in [6.45, 7) is 0. The standard InChI is InChI=1S/C21H14Cl3NO6/c22-11-3-1-10(2-4-11)18(27)14-9-13(26)5-6-17(14)31-19-15(23)7-12(8-16(19)24)25-20(28)21(29)30/h1-9,18,26-27H,(H,25,28)(H,29,30). The molecule has 3 aromatic rings. The van der Waals surface area contributed by atoms with E-state index in [1.165, 1.54) is 30.3 Å². The predicted molar refractivity (Wildman–Crippen MR) is 116 cm³/mol. The third kappa shape index (κ3) is 5.39. The van der Waals surface area contributed by atoms with Crippen LogP contribution in [0.4, 0.5) is 5.69 Å². The van der Waals surface area contributed by atoms with E-state index in [1.54, 1.807) is 24.3 Å². The first-order chi connectivity index (χ1) is 14.7. The molecule has 1 amide bonds. The van der Waals surface area contributed by atoms with Gasteiger partial charge in [-0.2, -0.15) is 0 Å². The molecule has 7 nitrogen and oxygen atoms in total. The number of anilines is 1. The predicted octanol–water partition coefficient (Wildman–Crippen LogP) is 5.25. The summed E-state index contributed by atoms with van der Waals surface area (Å²) in [6.07, 6.45) is -1.16. The van der Waals surface area contributed by atoms with Gasteiger partial charge in [-0.15, -0.1) is 0 Å². The summed E-state index contributed by atoms with van der Waals surface area (Å²) < 4.78 is 5.81. The molecule has 0 saturated heterocycles. The van der Waals surface area contributed by atoms with E-state index in [4.69, 9.17) is 44.6 Å². The fourth-order valence-electron chi connectivity index (χ4n) is 2.69. The van der Waals surface area contributed by atoms with Crippen LogP contribution in [0.5, 0.6) is 17.2 Å². The number of hydrogen-bond acceptors (Lipinski definition) is 5. The van der Waals surface area contributed by atoms with Crippen molar-refractivity contribution in [3.8, 4) is 17.2 Å². The summed E-state index contributed by atoms with van der Waals surface area (Å²) in [7, 11) is 0. The molecule has 0 aromatic heterocycles. The zero-order valence-electron chi connectivity index (χ0n) is 15.5. The van der Waals surface area contributed by atoms with Gasteiger partial charge in [-0.3, -0.25) is 4.79 Å². The van der Waals surface area contributed by atoms with Gasteiger partial charge in [0.15, 0.2) is 5.75 Å². The lowest BCUT2D eigenvalue weighted by molar-refractivity contribution is -0.147. The number of carboxylic acids is 1. The van der Waals surface area contributed by atoms with Gasteiger partial charge in [0, 0.05) is 16.3 Å². The van der Waals surface area contributed by atoms with Crippen LogP contribution in [0, 0.1) is 0 Å². The highest BCUT2D eigenvalue weighted by Crippen LogP contribution is 2.42. The fourth-order valence-corrected chi connectivity index (χ4v) is 3.38. The maximum absolute atomic E-state index is 11.3. The number of phenolic OH excluding ortho intramolecular Hbond substituents is 1. The Bertz CT molecular complexity index is 1130. The molecule has 0 bridgehead atoms. The minimum Gasteiger partial charge on any atom is -0.508 e. The molecule has 0 saturated carbocycles. The van der Waals surface area contributed by atoms with Crippen molar-refractivity contribution in [3.05, 3.63) is 80.8 Å². The third-order valence-corrected chi connectivity index (χ3v) is 4.95. The molecule has 0 aliphatic carbocycles. The largest absolute Gasteiger partial charge is 0.508 e. The zero-order valence-corrected chi connectivity index (χ0v) is 17.7. The summed E-state index contributed by atoms with van der Waals surface area (Å²) in [4.78, 5) is 22.0. The summed E-state index contributed by atoms with van der Waals surface area (Å²) in [5.41, 5.74) is 0.795. The van der Waals surface area contributed by atoms with Crippen molar-refractivity contribution < 1.29 is 29.6 Å².